The summed E-state index contributed by atoms with van der Waals surface area (Å²) < 4.78 is 0. The molecule has 17 heavy (non-hydrogen) atoms. The number of carboxylic acid groups (broad SMARTS) is 2. The largest absolute Gasteiger partial charge is 0.480 e. The van der Waals surface area contributed by atoms with Gasteiger partial charge in [-0.2, -0.15) is 0 Å². The van der Waals surface area contributed by atoms with Crippen molar-refractivity contribution in [1.82, 2.24) is 0 Å². The molecule has 0 aromatic heterocycles. The highest BCUT2D eigenvalue weighted by Crippen LogP contribution is 2.19. The molecule has 0 heterocycles. The number of hydrogen-bond acceptors (Lipinski definition) is 4. The molecule has 0 aliphatic carbocycles. The van der Waals surface area contributed by atoms with Gasteiger partial charge < -0.3 is 20.8 Å². The van der Waals surface area contributed by atoms with Gasteiger partial charge in [-0.05, 0) is 24.6 Å². The summed E-state index contributed by atoms with van der Waals surface area (Å²) >= 11 is 0. The van der Waals surface area contributed by atoms with Crippen molar-refractivity contribution < 1.29 is 19.8 Å². The van der Waals surface area contributed by atoms with Crippen LogP contribution in [0.4, 0.5) is 11.4 Å². The summed E-state index contributed by atoms with van der Waals surface area (Å²) in [5, 5.41) is 22.5. The topological polar surface area (TPSA) is 98.7 Å². The van der Waals surface area contributed by atoms with E-state index in [0.29, 0.717) is 11.4 Å². The molecule has 0 amide bonds. The first-order chi connectivity index (χ1) is 7.99. The fourth-order valence-electron chi connectivity index (χ4n) is 1.27. The molecular formula is C11H14N2O4. The number of carbonyl (C=O) groups is 2. The van der Waals surface area contributed by atoms with Gasteiger partial charge in [-0.15, -0.1) is 0 Å². The quantitative estimate of drug-likeness (QED) is 0.590. The van der Waals surface area contributed by atoms with Gasteiger partial charge in [0, 0.05) is 11.4 Å². The lowest BCUT2D eigenvalue weighted by molar-refractivity contribution is -0.135. The van der Waals surface area contributed by atoms with Crippen molar-refractivity contribution >= 4 is 23.3 Å². The molecule has 1 aromatic rings. The van der Waals surface area contributed by atoms with E-state index in [-0.39, 0.29) is 13.1 Å². The Balaban J connectivity index is 2.71. The molecule has 0 saturated heterocycles. The smallest absolute Gasteiger partial charge is 0.322 e. The van der Waals surface area contributed by atoms with Gasteiger partial charge in [-0.25, -0.2) is 0 Å². The van der Waals surface area contributed by atoms with E-state index in [2.05, 4.69) is 10.6 Å². The third kappa shape index (κ3) is 4.42. The van der Waals surface area contributed by atoms with Gasteiger partial charge >= 0.3 is 11.9 Å². The highest BCUT2D eigenvalue weighted by atomic mass is 16.4. The number of aliphatic carboxylic acids is 2. The van der Waals surface area contributed by atoms with Crippen molar-refractivity contribution in [3.63, 3.8) is 0 Å². The second-order valence-electron chi connectivity index (χ2n) is 3.52. The summed E-state index contributed by atoms with van der Waals surface area (Å²) in [4.78, 5) is 20.8. The van der Waals surface area contributed by atoms with Crippen LogP contribution >= 0.6 is 0 Å². The van der Waals surface area contributed by atoms with Crippen molar-refractivity contribution in [1.29, 1.82) is 0 Å². The van der Waals surface area contributed by atoms with Crippen LogP contribution in [0.1, 0.15) is 5.56 Å². The maximum absolute atomic E-state index is 10.4. The average Bonchev–Trinajstić information content (AvgIpc) is 2.26. The average molecular weight is 238 g/mol. The maximum atomic E-state index is 10.4. The van der Waals surface area contributed by atoms with E-state index in [4.69, 9.17) is 10.2 Å². The lowest BCUT2D eigenvalue weighted by Gasteiger charge is -2.10. The molecule has 0 aliphatic heterocycles. The van der Waals surface area contributed by atoms with E-state index < -0.39 is 11.9 Å². The minimum absolute atomic E-state index is 0.177. The zero-order valence-electron chi connectivity index (χ0n) is 9.36. The van der Waals surface area contributed by atoms with Gasteiger partial charge in [-0.3, -0.25) is 9.59 Å². The summed E-state index contributed by atoms with van der Waals surface area (Å²) in [5.41, 5.74) is 2.20. The van der Waals surface area contributed by atoms with Crippen molar-refractivity contribution in [2.24, 2.45) is 0 Å². The second kappa shape index (κ2) is 5.74. The van der Waals surface area contributed by atoms with Gasteiger partial charge in [-0.1, -0.05) is 6.07 Å². The Morgan fingerprint density at radius 2 is 1.71 bits per heavy atom. The summed E-state index contributed by atoms with van der Waals surface area (Å²) in [6.45, 7) is 1.48. The molecule has 0 atom stereocenters. The van der Waals surface area contributed by atoms with Gasteiger partial charge in [0.2, 0.25) is 0 Å². The predicted octanol–water partition coefficient (Wildman–Crippen LogP) is 0.988. The summed E-state index contributed by atoms with van der Waals surface area (Å²) in [6.07, 6.45) is 0. The molecule has 6 nitrogen and oxygen atoms in total. The van der Waals surface area contributed by atoms with E-state index in [9.17, 15) is 9.59 Å². The zero-order valence-corrected chi connectivity index (χ0v) is 9.36. The number of anilines is 2. The van der Waals surface area contributed by atoms with Crippen molar-refractivity contribution in [3.05, 3.63) is 23.8 Å². The Morgan fingerprint density at radius 3 is 2.29 bits per heavy atom. The molecule has 0 radical (unpaired) electrons. The van der Waals surface area contributed by atoms with Crippen LogP contribution in [0, 0.1) is 6.92 Å². The molecule has 6 heteroatoms. The predicted molar refractivity (Wildman–Crippen MR) is 63.4 cm³/mol. The van der Waals surface area contributed by atoms with Crippen LogP contribution in [0.2, 0.25) is 0 Å². The van der Waals surface area contributed by atoms with Crippen LogP contribution < -0.4 is 10.6 Å². The fraction of sp³-hybridized carbons (Fsp3) is 0.273. The van der Waals surface area contributed by atoms with E-state index in [1.54, 1.807) is 18.2 Å². The Morgan fingerprint density at radius 1 is 1.12 bits per heavy atom. The molecule has 0 fully saturated rings. The Bertz CT molecular complexity index is 431. The molecule has 0 aliphatic rings. The minimum Gasteiger partial charge on any atom is -0.480 e. The van der Waals surface area contributed by atoms with Crippen molar-refractivity contribution in [2.45, 2.75) is 6.92 Å². The normalized spacial score (nSPS) is 9.71. The molecule has 0 bridgehead atoms. The van der Waals surface area contributed by atoms with Gasteiger partial charge in [0.1, 0.15) is 13.1 Å². The van der Waals surface area contributed by atoms with E-state index >= 15 is 0 Å². The highest BCUT2D eigenvalue weighted by molar-refractivity contribution is 5.75. The van der Waals surface area contributed by atoms with Crippen LogP contribution in [0.5, 0.6) is 0 Å². The number of carboxylic acids is 2. The molecule has 4 N–H and O–H groups in total. The summed E-state index contributed by atoms with van der Waals surface area (Å²) in [5.74, 6) is -1.90. The van der Waals surface area contributed by atoms with Crippen LogP contribution in [0.3, 0.4) is 0 Å². The maximum Gasteiger partial charge on any atom is 0.322 e. The van der Waals surface area contributed by atoms with Crippen molar-refractivity contribution in [3.8, 4) is 0 Å². The standard InChI is InChI=1S/C11H14N2O4/c1-7-2-3-8(12-5-10(14)15)4-9(7)13-6-11(16)17/h2-4,12-13H,5-6H2,1H3,(H,14,15)(H,16,17). The van der Waals surface area contributed by atoms with Crippen LogP contribution in [-0.2, 0) is 9.59 Å². The lowest BCUT2D eigenvalue weighted by Crippen LogP contribution is -2.14. The Kier molecular flexibility index (Phi) is 4.33. The Hall–Kier alpha value is -2.24. The number of hydrogen-bond donors (Lipinski definition) is 4. The van der Waals surface area contributed by atoms with Gasteiger partial charge in [0.05, 0.1) is 0 Å². The fourth-order valence-corrected chi connectivity index (χ4v) is 1.27. The lowest BCUT2D eigenvalue weighted by atomic mass is 10.2. The first-order valence-corrected chi connectivity index (χ1v) is 5.01. The molecule has 0 saturated carbocycles. The van der Waals surface area contributed by atoms with Crippen molar-refractivity contribution in [2.75, 3.05) is 23.7 Å². The molecule has 0 unspecified atom stereocenters. The van der Waals surface area contributed by atoms with Gasteiger partial charge in [0.15, 0.2) is 0 Å². The highest BCUT2D eigenvalue weighted by Gasteiger charge is 2.03. The van der Waals surface area contributed by atoms with Crippen LogP contribution in [0.25, 0.3) is 0 Å². The SMILES string of the molecule is Cc1ccc(NCC(=O)O)cc1NCC(=O)O. The van der Waals surface area contributed by atoms with E-state index in [1.807, 2.05) is 6.92 Å². The van der Waals surface area contributed by atoms with E-state index in [1.165, 1.54) is 0 Å². The molecule has 0 spiro atoms. The third-order valence-electron chi connectivity index (χ3n) is 2.11. The second-order valence-corrected chi connectivity index (χ2v) is 3.52. The van der Waals surface area contributed by atoms with E-state index in [0.717, 1.165) is 5.56 Å². The van der Waals surface area contributed by atoms with Crippen LogP contribution in [-0.4, -0.2) is 35.2 Å². The minimum atomic E-state index is -0.953. The molecule has 1 rings (SSSR count). The van der Waals surface area contributed by atoms with Gasteiger partial charge in [0.25, 0.3) is 0 Å². The molecule has 1 aromatic carbocycles. The summed E-state index contributed by atoms with van der Waals surface area (Å²) in [6, 6.07) is 5.21. The molecular weight excluding hydrogens is 224 g/mol. The first kappa shape index (κ1) is 12.8. The third-order valence-corrected chi connectivity index (χ3v) is 2.11. The Labute approximate surface area is 98.3 Å². The number of nitrogens with one attached hydrogen (secondary N) is 2. The number of aryl methyl sites for hydroxylation is 1. The molecule has 92 valence electrons. The first-order valence-electron chi connectivity index (χ1n) is 5.01. The zero-order chi connectivity index (χ0) is 12.8. The summed E-state index contributed by atoms with van der Waals surface area (Å²) in [7, 11) is 0. The van der Waals surface area contributed by atoms with Crippen LogP contribution in [0.15, 0.2) is 18.2 Å². The number of rotatable bonds is 6. The number of benzene rings is 1. The monoisotopic (exact) mass is 238 g/mol.